The minimum atomic E-state index is 0. The molecule has 0 saturated carbocycles. The summed E-state index contributed by atoms with van der Waals surface area (Å²) < 4.78 is 7.87. The van der Waals surface area contributed by atoms with Gasteiger partial charge in [0.2, 0.25) is 5.91 Å². The van der Waals surface area contributed by atoms with Gasteiger partial charge in [-0.2, -0.15) is 5.10 Å². The largest absolute Gasteiger partial charge is 0.457 e. The van der Waals surface area contributed by atoms with Crippen LogP contribution in [0.5, 0.6) is 11.5 Å². The third-order valence-electron chi connectivity index (χ3n) is 5.87. The molecule has 34 heavy (non-hydrogen) atoms. The summed E-state index contributed by atoms with van der Waals surface area (Å²) >= 11 is 0. The summed E-state index contributed by atoms with van der Waals surface area (Å²) in [6.45, 7) is 6.90. The molecule has 0 bridgehead atoms. The molecular weight excluding hydrogens is 426 g/mol. The van der Waals surface area contributed by atoms with Crippen LogP contribution in [0.3, 0.4) is 0 Å². The molecule has 174 valence electrons. The van der Waals surface area contributed by atoms with Gasteiger partial charge in [0.05, 0.1) is 11.4 Å². The third-order valence-corrected chi connectivity index (χ3v) is 5.87. The molecule has 1 amide bonds. The fourth-order valence-electron chi connectivity index (χ4n) is 4.26. The maximum absolute atomic E-state index is 12.5. The van der Waals surface area contributed by atoms with Crippen LogP contribution in [0.1, 0.15) is 33.2 Å². The lowest BCUT2D eigenvalue weighted by molar-refractivity contribution is -0.128. The molecule has 0 unspecified atom stereocenters. The number of hydrogen-bond donors (Lipinski definition) is 0. The van der Waals surface area contributed by atoms with E-state index in [9.17, 15) is 4.79 Å². The van der Waals surface area contributed by atoms with Gasteiger partial charge >= 0.3 is 0 Å². The van der Waals surface area contributed by atoms with Gasteiger partial charge in [0, 0.05) is 30.4 Å². The van der Waals surface area contributed by atoms with Crippen molar-refractivity contribution in [1.29, 1.82) is 0 Å². The van der Waals surface area contributed by atoms with E-state index in [-0.39, 0.29) is 19.4 Å². The van der Waals surface area contributed by atoms with Crippen LogP contribution in [0.25, 0.3) is 22.3 Å². The number of fused-ring (bicyclic) bond motifs is 1. The van der Waals surface area contributed by atoms with Crippen LogP contribution in [0.4, 0.5) is 0 Å². The second-order valence-electron chi connectivity index (χ2n) is 8.32. The Labute approximate surface area is 199 Å². The minimum Gasteiger partial charge on any atom is -0.457 e. The first-order valence-corrected chi connectivity index (χ1v) is 11.1. The number of amides is 1. The highest BCUT2D eigenvalue weighted by molar-refractivity contribution is 5.92. The molecule has 1 saturated heterocycles. The Morgan fingerprint density at radius 3 is 2.56 bits per heavy atom. The summed E-state index contributed by atoms with van der Waals surface area (Å²) in [5.41, 5.74) is 3.11. The van der Waals surface area contributed by atoms with E-state index < -0.39 is 0 Å². The quantitative estimate of drug-likeness (QED) is 0.363. The zero-order chi connectivity index (χ0) is 22.8. The zero-order valence-corrected chi connectivity index (χ0v) is 18.5. The second kappa shape index (κ2) is 9.87. The molecule has 5 rings (SSSR count). The van der Waals surface area contributed by atoms with Gasteiger partial charge in [0.1, 0.15) is 23.5 Å². The average Bonchev–Trinajstić information content (AvgIpc) is 3.24. The Bertz CT molecular complexity index is 1300. The highest BCUT2D eigenvalue weighted by atomic mass is 16.5. The van der Waals surface area contributed by atoms with Gasteiger partial charge in [-0.15, -0.1) is 0 Å². The number of ether oxygens (including phenoxy) is 1. The lowest BCUT2D eigenvalue weighted by atomic mass is 10.0. The van der Waals surface area contributed by atoms with Crippen LogP contribution in [-0.4, -0.2) is 43.6 Å². The summed E-state index contributed by atoms with van der Waals surface area (Å²) in [5.74, 6) is 1.55. The van der Waals surface area contributed by atoms with E-state index >= 15 is 0 Å². The third kappa shape index (κ3) is 4.55. The van der Waals surface area contributed by atoms with E-state index in [0.29, 0.717) is 12.1 Å². The predicted molar refractivity (Wildman–Crippen MR) is 134 cm³/mol. The van der Waals surface area contributed by atoms with Crippen molar-refractivity contribution < 1.29 is 9.53 Å². The van der Waals surface area contributed by atoms with Crippen LogP contribution in [0.2, 0.25) is 0 Å². The van der Waals surface area contributed by atoms with E-state index in [1.165, 1.54) is 0 Å². The molecule has 0 spiro atoms. The number of aromatic nitrogens is 4. The van der Waals surface area contributed by atoms with Crippen molar-refractivity contribution in [2.75, 3.05) is 13.1 Å². The molecule has 1 aliphatic rings. The molecule has 1 atom stereocenters. The average molecular weight is 456 g/mol. The fraction of sp³-hybridized carbons (Fsp3) is 0.259. The highest BCUT2D eigenvalue weighted by Crippen LogP contribution is 2.32. The number of hydrogen-bond acceptors (Lipinski definition) is 5. The Morgan fingerprint density at radius 2 is 1.82 bits per heavy atom. The van der Waals surface area contributed by atoms with E-state index in [0.717, 1.165) is 53.2 Å². The second-order valence-corrected chi connectivity index (χ2v) is 8.32. The molecule has 0 N–H and O–H groups in total. The molecule has 3 heterocycles. The maximum atomic E-state index is 12.5. The summed E-state index contributed by atoms with van der Waals surface area (Å²) in [7, 11) is 0. The number of rotatable bonds is 5. The van der Waals surface area contributed by atoms with E-state index in [4.69, 9.17) is 9.84 Å². The van der Waals surface area contributed by atoms with E-state index in [2.05, 4.69) is 16.5 Å². The van der Waals surface area contributed by atoms with Crippen molar-refractivity contribution in [3.63, 3.8) is 0 Å². The topological polar surface area (TPSA) is 73.1 Å². The Morgan fingerprint density at radius 1 is 1.09 bits per heavy atom. The molecule has 1 aliphatic heterocycles. The van der Waals surface area contributed by atoms with Crippen LogP contribution < -0.4 is 4.74 Å². The smallest absolute Gasteiger partial charge is 0.248 e. The van der Waals surface area contributed by atoms with E-state index in [1.54, 1.807) is 19.4 Å². The molecule has 2 aromatic heterocycles. The van der Waals surface area contributed by atoms with Crippen LogP contribution in [0.15, 0.2) is 79.3 Å². The van der Waals surface area contributed by atoms with Gasteiger partial charge in [0.15, 0.2) is 5.65 Å². The predicted octanol–water partition coefficient (Wildman–Crippen LogP) is 5.66. The SMILES string of the molecule is C.C=C(C)C(=O)N1CCC[C@@H](n2nc(-c3ccc(Oc4ccccc4)cc3)c3cncnc32)C1. The fourth-order valence-corrected chi connectivity index (χ4v) is 4.26. The first-order valence-electron chi connectivity index (χ1n) is 11.1. The van der Waals surface area contributed by atoms with Crippen molar-refractivity contribution in [1.82, 2.24) is 24.6 Å². The monoisotopic (exact) mass is 455 g/mol. The first kappa shape index (κ1) is 23.2. The number of nitrogens with zero attached hydrogens (tertiary/aromatic N) is 5. The van der Waals surface area contributed by atoms with Crippen molar-refractivity contribution in [2.24, 2.45) is 0 Å². The molecular formula is C27H29N5O2. The minimum absolute atomic E-state index is 0. The highest BCUT2D eigenvalue weighted by Gasteiger charge is 2.28. The zero-order valence-electron chi connectivity index (χ0n) is 18.5. The molecule has 7 nitrogen and oxygen atoms in total. The van der Waals surface area contributed by atoms with Crippen molar-refractivity contribution >= 4 is 16.9 Å². The summed E-state index contributed by atoms with van der Waals surface area (Å²) in [6.07, 6.45) is 5.19. The number of carbonyl (C=O) groups excluding carboxylic acids is 1. The summed E-state index contributed by atoms with van der Waals surface area (Å²) in [5, 5.41) is 5.84. The molecule has 0 aliphatic carbocycles. The standard InChI is InChI=1S/C26H25N5O2.CH4/c1-18(2)26(32)30-14-6-7-20(16-30)31-25-23(15-27-17-28-25)24(29-31)19-10-12-22(13-11-19)33-21-8-4-3-5-9-21;/h3-5,8-13,15,17,20H,1,6-7,14,16H2,2H3;1H4/t20-;/m1./s1. The number of piperidine rings is 1. The summed E-state index contributed by atoms with van der Waals surface area (Å²) in [6, 6.07) is 17.6. The van der Waals surface area contributed by atoms with Gasteiger partial charge < -0.3 is 9.64 Å². The van der Waals surface area contributed by atoms with Gasteiger partial charge in [0.25, 0.3) is 0 Å². The summed E-state index contributed by atoms with van der Waals surface area (Å²) in [4.78, 5) is 23.1. The molecule has 2 aromatic carbocycles. The van der Waals surface area contributed by atoms with Crippen molar-refractivity contribution in [2.45, 2.75) is 33.2 Å². The van der Waals surface area contributed by atoms with Gasteiger partial charge in [-0.3, -0.25) is 4.79 Å². The Balaban J connectivity index is 0.00000274. The van der Waals surface area contributed by atoms with Gasteiger partial charge in [-0.25, -0.2) is 14.6 Å². The Kier molecular flexibility index (Phi) is 6.72. The number of benzene rings is 2. The molecule has 7 heteroatoms. The van der Waals surface area contributed by atoms with E-state index in [1.807, 2.05) is 64.2 Å². The Hall–Kier alpha value is -4.00. The van der Waals surface area contributed by atoms with Crippen LogP contribution in [-0.2, 0) is 4.79 Å². The molecule has 1 fully saturated rings. The van der Waals surface area contributed by atoms with Crippen molar-refractivity contribution in [3.8, 4) is 22.8 Å². The van der Waals surface area contributed by atoms with Crippen molar-refractivity contribution in [3.05, 3.63) is 79.3 Å². The molecule has 4 aromatic rings. The molecule has 0 radical (unpaired) electrons. The first-order chi connectivity index (χ1) is 16.1. The van der Waals surface area contributed by atoms with Crippen LogP contribution >= 0.6 is 0 Å². The van der Waals surface area contributed by atoms with Gasteiger partial charge in [-0.1, -0.05) is 32.2 Å². The number of likely N-dealkylation sites (tertiary alicyclic amines) is 1. The number of carbonyl (C=O) groups is 1. The van der Waals surface area contributed by atoms with Gasteiger partial charge in [-0.05, 0) is 56.2 Å². The lowest BCUT2D eigenvalue weighted by Crippen LogP contribution is -2.41. The normalized spacial score (nSPS) is 15.6. The number of para-hydroxylation sites is 1. The van der Waals surface area contributed by atoms with Crippen LogP contribution in [0, 0.1) is 0 Å². The maximum Gasteiger partial charge on any atom is 0.248 e. The lowest BCUT2D eigenvalue weighted by Gasteiger charge is -2.33.